The van der Waals surface area contributed by atoms with Crippen LogP contribution >= 0.6 is 0 Å². The van der Waals surface area contributed by atoms with Gasteiger partial charge in [-0.15, -0.1) is 0 Å². The van der Waals surface area contributed by atoms with Gasteiger partial charge in [0, 0.05) is 5.41 Å². The summed E-state index contributed by atoms with van der Waals surface area (Å²) in [5, 5.41) is 19.7. The number of fused-ring (bicyclic) bond motifs is 8. The maximum Gasteiger partial charge on any atom is 0.0991 e. The highest BCUT2D eigenvalue weighted by Crippen LogP contribution is 2.51. The van der Waals surface area contributed by atoms with Crippen LogP contribution in [-0.4, -0.2) is 0 Å². The summed E-state index contributed by atoms with van der Waals surface area (Å²) in [6, 6.07) is 53.3. The average Bonchev–Trinajstić information content (AvgIpc) is 3.31. The van der Waals surface area contributed by atoms with E-state index in [1.807, 2.05) is 6.07 Å². The van der Waals surface area contributed by atoms with E-state index in [2.05, 4.69) is 153 Å². The van der Waals surface area contributed by atoms with Gasteiger partial charge in [-0.1, -0.05) is 129 Å². The van der Waals surface area contributed by atoms with Gasteiger partial charge in [-0.3, -0.25) is 0 Å². The first-order valence-corrected chi connectivity index (χ1v) is 15.6. The Labute approximate surface area is 262 Å². The zero-order chi connectivity index (χ0) is 30.3. The Kier molecular flexibility index (Phi) is 5.38. The van der Waals surface area contributed by atoms with Crippen LogP contribution in [0.25, 0.3) is 76.5 Å². The van der Waals surface area contributed by atoms with Gasteiger partial charge in [0.1, 0.15) is 0 Å². The Hall–Kier alpha value is -5.71. The van der Waals surface area contributed by atoms with Gasteiger partial charge in [0.05, 0.1) is 11.6 Å². The Bertz CT molecular complexity index is 2520. The SMILES string of the molecule is CC1(C)c2cc(C#N)ccc2-c2ccc(-c3c4ccccc4c(-c4ccc5ccc6ccccc6c5c4)c4ccccc34)cc21. The van der Waals surface area contributed by atoms with E-state index in [1.54, 1.807) is 0 Å². The minimum absolute atomic E-state index is 0.201. The summed E-state index contributed by atoms with van der Waals surface area (Å²) in [5.41, 5.74) is 10.5. The zero-order valence-corrected chi connectivity index (χ0v) is 25.2. The van der Waals surface area contributed by atoms with Crippen molar-refractivity contribution in [3.8, 4) is 39.4 Å². The first kappa shape index (κ1) is 25.8. The van der Waals surface area contributed by atoms with Crippen LogP contribution in [0.5, 0.6) is 0 Å². The van der Waals surface area contributed by atoms with Gasteiger partial charge in [-0.05, 0) is 112 Å². The highest BCUT2D eigenvalue weighted by Gasteiger charge is 2.36. The van der Waals surface area contributed by atoms with Crippen molar-refractivity contribution >= 4 is 43.1 Å². The van der Waals surface area contributed by atoms with Gasteiger partial charge in [0.25, 0.3) is 0 Å². The summed E-state index contributed by atoms with van der Waals surface area (Å²) < 4.78 is 0. The number of rotatable bonds is 2. The molecule has 0 unspecified atom stereocenters. The molecule has 0 N–H and O–H groups in total. The summed E-state index contributed by atoms with van der Waals surface area (Å²) in [7, 11) is 0. The van der Waals surface area contributed by atoms with E-state index in [0.717, 1.165) is 0 Å². The van der Waals surface area contributed by atoms with Crippen molar-refractivity contribution in [2.45, 2.75) is 19.3 Å². The molecule has 1 aliphatic carbocycles. The summed E-state index contributed by atoms with van der Waals surface area (Å²) in [6.45, 7) is 4.57. The number of hydrogen-bond donors (Lipinski definition) is 0. The van der Waals surface area contributed by atoms with Crippen molar-refractivity contribution < 1.29 is 0 Å². The largest absolute Gasteiger partial charge is 0.192 e. The lowest BCUT2D eigenvalue weighted by Crippen LogP contribution is -2.15. The minimum atomic E-state index is -0.201. The predicted molar refractivity (Wildman–Crippen MR) is 190 cm³/mol. The summed E-state index contributed by atoms with van der Waals surface area (Å²) >= 11 is 0. The second-order valence-corrected chi connectivity index (χ2v) is 12.8. The fourth-order valence-electron chi connectivity index (χ4n) is 7.87. The lowest BCUT2D eigenvalue weighted by molar-refractivity contribution is 0.660. The Morgan fingerprint density at radius 1 is 0.444 bits per heavy atom. The highest BCUT2D eigenvalue weighted by molar-refractivity contribution is 6.22. The molecule has 8 aromatic rings. The fraction of sp³-hybridized carbons (Fsp3) is 0.0682. The monoisotopic (exact) mass is 571 g/mol. The van der Waals surface area contributed by atoms with Gasteiger partial charge in [0.15, 0.2) is 0 Å². The van der Waals surface area contributed by atoms with Crippen LogP contribution in [-0.2, 0) is 5.41 Å². The van der Waals surface area contributed by atoms with Crippen LogP contribution in [0, 0.1) is 11.3 Å². The lowest BCUT2D eigenvalue weighted by Gasteiger charge is -2.23. The molecule has 0 bridgehead atoms. The third-order valence-electron chi connectivity index (χ3n) is 10.1. The Morgan fingerprint density at radius 2 is 0.911 bits per heavy atom. The molecule has 1 nitrogen and oxygen atoms in total. The van der Waals surface area contributed by atoms with Gasteiger partial charge in [-0.25, -0.2) is 0 Å². The summed E-state index contributed by atoms with van der Waals surface area (Å²) in [6.07, 6.45) is 0. The standard InChI is InChI=1S/C44H29N/c1-44(2)40-23-27(26-45)15-21-33(40)34-22-20-31(25-41(34)44)43-37-13-7-5-11-35(37)42(36-12-6-8-14-38(36)43)30-19-18-29-17-16-28-9-3-4-10-32(28)39(29)24-30/h3-25H,1-2H3. The molecule has 45 heavy (non-hydrogen) atoms. The van der Waals surface area contributed by atoms with Gasteiger partial charge in [0.2, 0.25) is 0 Å². The molecule has 0 amide bonds. The number of nitrogens with zero attached hydrogens (tertiary/aromatic N) is 1. The number of hydrogen-bond acceptors (Lipinski definition) is 1. The molecule has 210 valence electrons. The quantitative estimate of drug-likeness (QED) is 0.150. The number of benzene rings is 8. The summed E-state index contributed by atoms with van der Waals surface area (Å²) in [4.78, 5) is 0. The molecule has 1 heteroatoms. The van der Waals surface area contributed by atoms with Crippen molar-refractivity contribution in [2.75, 3.05) is 0 Å². The van der Waals surface area contributed by atoms with E-state index in [1.165, 1.54) is 87.6 Å². The van der Waals surface area contributed by atoms with Crippen molar-refractivity contribution in [2.24, 2.45) is 0 Å². The second kappa shape index (κ2) is 9.39. The van der Waals surface area contributed by atoms with Crippen molar-refractivity contribution in [3.63, 3.8) is 0 Å². The molecule has 0 aliphatic heterocycles. The van der Waals surface area contributed by atoms with E-state index in [4.69, 9.17) is 0 Å². The minimum Gasteiger partial charge on any atom is -0.192 e. The molecule has 0 fully saturated rings. The molecule has 0 radical (unpaired) electrons. The Balaban J connectivity index is 1.32. The van der Waals surface area contributed by atoms with Crippen molar-refractivity contribution in [1.82, 2.24) is 0 Å². The summed E-state index contributed by atoms with van der Waals surface area (Å²) in [5.74, 6) is 0. The molecule has 0 heterocycles. The molecule has 0 atom stereocenters. The van der Waals surface area contributed by atoms with E-state index in [0.29, 0.717) is 5.56 Å². The molecule has 0 aromatic heterocycles. The third-order valence-corrected chi connectivity index (χ3v) is 10.1. The predicted octanol–water partition coefficient (Wildman–Crippen LogP) is 11.8. The molecule has 0 saturated heterocycles. The van der Waals surface area contributed by atoms with Crippen LogP contribution in [0.15, 0.2) is 140 Å². The van der Waals surface area contributed by atoms with Crippen LogP contribution in [0.4, 0.5) is 0 Å². The maximum absolute atomic E-state index is 9.60. The van der Waals surface area contributed by atoms with Crippen LogP contribution in [0.1, 0.15) is 30.5 Å². The molecular formula is C44H29N. The van der Waals surface area contributed by atoms with E-state index in [-0.39, 0.29) is 5.41 Å². The second-order valence-electron chi connectivity index (χ2n) is 12.8. The van der Waals surface area contributed by atoms with Crippen LogP contribution < -0.4 is 0 Å². The molecule has 0 spiro atoms. The smallest absolute Gasteiger partial charge is 0.0991 e. The van der Waals surface area contributed by atoms with E-state index < -0.39 is 0 Å². The average molecular weight is 572 g/mol. The van der Waals surface area contributed by atoms with Gasteiger partial charge >= 0.3 is 0 Å². The maximum atomic E-state index is 9.60. The normalized spacial score (nSPS) is 13.3. The molecular weight excluding hydrogens is 542 g/mol. The molecule has 1 aliphatic rings. The fourth-order valence-corrected chi connectivity index (χ4v) is 7.87. The van der Waals surface area contributed by atoms with Crippen LogP contribution in [0.2, 0.25) is 0 Å². The zero-order valence-electron chi connectivity index (χ0n) is 25.2. The van der Waals surface area contributed by atoms with Crippen molar-refractivity contribution in [1.29, 1.82) is 5.26 Å². The van der Waals surface area contributed by atoms with E-state index in [9.17, 15) is 5.26 Å². The van der Waals surface area contributed by atoms with E-state index >= 15 is 0 Å². The Morgan fingerprint density at radius 3 is 1.53 bits per heavy atom. The van der Waals surface area contributed by atoms with Crippen molar-refractivity contribution in [3.05, 3.63) is 156 Å². The first-order valence-electron chi connectivity index (χ1n) is 15.6. The molecule has 8 aromatic carbocycles. The first-order chi connectivity index (χ1) is 22.0. The topological polar surface area (TPSA) is 23.8 Å². The lowest BCUT2D eigenvalue weighted by atomic mass is 9.80. The van der Waals surface area contributed by atoms with Crippen LogP contribution in [0.3, 0.4) is 0 Å². The highest BCUT2D eigenvalue weighted by atomic mass is 14.4. The third kappa shape index (κ3) is 3.67. The van der Waals surface area contributed by atoms with Gasteiger partial charge < -0.3 is 0 Å². The molecule has 9 rings (SSSR count). The molecule has 0 saturated carbocycles. The number of nitriles is 1. The van der Waals surface area contributed by atoms with Gasteiger partial charge in [-0.2, -0.15) is 5.26 Å².